The maximum atomic E-state index is 10.4. The van der Waals surface area contributed by atoms with E-state index in [0.717, 1.165) is 24.8 Å². The lowest BCUT2D eigenvalue weighted by molar-refractivity contribution is 0.152. The summed E-state index contributed by atoms with van der Waals surface area (Å²) in [7, 11) is 0. The Balaban J connectivity index is 1.80. The Labute approximate surface area is 121 Å². The van der Waals surface area contributed by atoms with Crippen molar-refractivity contribution in [3.05, 3.63) is 58.0 Å². The van der Waals surface area contributed by atoms with Crippen molar-refractivity contribution in [2.75, 3.05) is 0 Å². The van der Waals surface area contributed by atoms with Crippen molar-refractivity contribution in [2.24, 2.45) is 0 Å². The van der Waals surface area contributed by atoms with Crippen molar-refractivity contribution in [3.8, 4) is 0 Å². The number of aliphatic hydroxyl groups is 1. The molecule has 2 unspecified atom stereocenters. The second kappa shape index (κ2) is 5.51. The van der Waals surface area contributed by atoms with Crippen molar-refractivity contribution in [1.29, 1.82) is 0 Å². The Hall–Kier alpha value is -1.06. The van der Waals surface area contributed by atoms with Gasteiger partial charge in [0.1, 0.15) is 0 Å². The van der Waals surface area contributed by atoms with Gasteiger partial charge in [0.2, 0.25) is 0 Å². The van der Waals surface area contributed by atoms with Crippen LogP contribution in [-0.2, 0) is 6.42 Å². The molecule has 3 rings (SSSR count). The molecule has 0 saturated heterocycles. The third-order valence-corrected chi connectivity index (χ3v) is 4.65. The molecule has 0 spiro atoms. The number of hydrogen-bond donors (Lipinski definition) is 1. The summed E-state index contributed by atoms with van der Waals surface area (Å²) in [5, 5.41) is 10.4. The second-order valence-electron chi connectivity index (χ2n) is 5.19. The highest BCUT2D eigenvalue weighted by Crippen LogP contribution is 2.39. The predicted octanol–water partition coefficient (Wildman–Crippen LogP) is 4.59. The van der Waals surface area contributed by atoms with E-state index < -0.39 is 6.10 Å². The molecule has 0 amide bonds. The Morgan fingerprint density at radius 3 is 2.95 bits per heavy atom. The molecule has 1 aliphatic carbocycles. The molecule has 0 bridgehead atoms. The van der Waals surface area contributed by atoms with Gasteiger partial charge in [-0.05, 0) is 64.7 Å². The van der Waals surface area contributed by atoms with Crippen LogP contribution in [0.3, 0.4) is 0 Å². The molecular weight excluding hydrogens is 304 g/mol. The monoisotopic (exact) mass is 320 g/mol. The van der Waals surface area contributed by atoms with Crippen molar-refractivity contribution in [3.63, 3.8) is 0 Å². The minimum Gasteiger partial charge on any atom is -0.457 e. The lowest BCUT2D eigenvalue weighted by Crippen LogP contribution is -2.13. The van der Waals surface area contributed by atoms with E-state index in [1.807, 2.05) is 6.07 Å². The van der Waals surface area contributed by atoms with Crippen LogP contribution in [0.15, 0.2) is 45.7 Å². The zero-order valence-corrected chi connectivity index (χ0v) is 12.3. The number of fused-ring (bicyclic) bond motifs is 1. The minimum absolute atomic E-state index is 0.446. The molecule has 1 aromatic carbocycles. The third kappa shape index (κ3) is 2.63. The van der Waals surface area contributed by atoms with Crippen LogP contribution in [0, 0.1) is 0 Å². The number of hydrogen-bond acceptors (Lipinski definition) is 2. The summed E-state index contributed by atoms with van der Waals surface area (Å²) in [6.07, 6.45) is 5.43. The predicted molar refractivity (Wildman–Crippen MR) is 78.1 cm³/mol. The first kappa shape index (κ1) is 12.9. The van der Waals surface area contributed by atoms with Crippen LogP contribution in [-0.4, -0.2) is 5.11 Å². The molecule has 19 heavy (non-hydrogen) atoms. The Bertz CT molecular complexity index is 561. The van der Waals surface area contributed by atoms with Crippen LogP contribution in [0.4, 0.5) is 0 Å². The van der Waals surface area contributed by atoms with Gasteiger partial charge >= 0.3 is 0 Å². The fourth-order valence-electron chi connectivity index (χ4n) is 3.04. The highest BCUT2D eigenvalue weighted by Gasteiger charge is 2.24. The number of rotatable bonds is 3. The molecule has 1 aromatic heterocycles. The topological polar surface area (TPSA) is 33.4 Å². The normalized spacial score (nSPS) is 20.0. The van der Waals surface area contributed by atoms with Gasteiger partial charge in [0.05, 0.1) is 12.4 Å². The summed E-state index contributed by atoms with van der Waals surface area (Å²) < 4.78 is 5.84. The fraction of sp³-hybridized carbons (Fsp3) is 0.375. The number of halogens is 1. The number of benzene rings is 1. The van der Waals surface area contributed by atoms with E-state index in [2.05, 4.69) is 40.2 Å². The quantitative estimate of drug-likeness (QED) is 0.897. The summed E-state index contributed by atoms with van der Waals surface area (Å²) >= 11 is 3.34. The molecule has 0 radical (unpaired) electrons. The molecule has 0 saturated carbocycles. The van der Waals surface area contributed by atoms with Crippen molar-refractivity contribution < 1.29 is 9.52 Å². The van der Waals surface area contributed by atoms with Crippen molar-refractivity contribution >= 4 is 15.9 Å². The molecule has 2 aromatic rings. The van der Waals surface area contributed by atoms with Crippen molar-refractivity contribution in [1.82, 2.24) is 0 Å². The Kier molecular flexibility index (Phi) is 3.76. The van der Waals surface area contributed by atoms with Crippen LogP contribution in [0.5, 0.6) is 0 Å². The molecule has 1 N–H and O–H groups in total. The van der Waals surface area contributed by atoms with Gasteiger partial charge in [0.15, 0.2) is 4.67 Å². The van der Waals surface area contributed by atoms with Gasteiger partial charge in [-0.15, -0.1) is 0 Å². The lowest BCUT2D eigenvalue weighted by atomic mass is 9.79. The van der Waals surface area contributed by atoms with E-state index in [1.54, 1.807) is 6.26 Å². The summed E-state index contributed by atoms with van der Waals surface area (Å²) in [6, 6.07) is 10.4. The number of furan rings is 1. The summed E-state index contributed by atoms with van der Waals surface area (Å²) in [5.41, 5.74) is 3.70. The largest absolute Gasteiger partial charge is 0.457 e. The molecule has 0 fully saturated rings. The maximum absolute atomic E-state index is 10.4. The van der Waals surface area contributed by atoms with Gasteiger partial charge in [-0.1, -0.05) is 24.3 Å². The SMILES string of the molecule is OC(CC1CCCc2ccccc21)c1ccoc1Br. The summed E-state index contributed by atoms with van der Waals surface area (Å²) in [6.45, 7) is 0. The van der Waals surface area contributed by atoms with Gasteiger partial charge in [0.25, 0.3) is 0 Å². The molecule has 0 aliphatic heterocycles. The zero-order valence-electron chi connectivity index (χ0n) is 10.7. The van der Waals surface area contributed by atoms with E-state index in [0.29, 0.717) is 10.6 Å². The molecule has 2 nitrogen and oxygen atoms in total. The molecule has 2 atom stereocenters. The molecule has 1 aliphatic rings. The van der Waals surface area contributed by atoms with E-state index in [4.69, 9.17) is 4.42 Å². The third-order valence-electron chi connectivity index (χ3n) is 4.01. The van der Waals surface area contributed by atoms with E-state index >= 15 is 0 Å². The van der Waals surface area contributed by atoms with Crippen LogP contribution < -0.4 is 0 Å². The van der Waals surface area contributed by atoms with Crippen molar-refractivity contribution in [2.45, 2.75) is 37.7 Å². The first-order chi connectivity index (χ1) is 9.25. The molecule has 3 heteroatoms. The maximum Gasteiger partial charge on any atom is 0.174 e. The van der Waals surface area contributed by atoms with Gasteiger partial charge in [-0.2, -0.15) is 0 Å². The second-order valence-corrected chi connectivity index (χ2v) is 5.91. The number of aliphatic hydroxyl groups excluding tert-OH is 1. The average Bonchev–Trinajstić information content (AvgIpc) is 2.85. The van der Waals surface area contributed by atoms with Crippen LogP contribution in [0.2, 0.25) is 0 Å². The molecule has 1 heterocycles. The van der Waals surface area contributed by atoms with E-state index in [9.17, 15) is 5.11 Å². The Morgan fingerprint density at radius 2 is 2.16 bits per heavy atom. The fourth-order valence-corrected chi connectivity index (χ4v) is 3.54. The number of aryl methyl sites for hydroxylation is 1. The Morgan fingerprint density at radius 1 is 1.32 bits per heavy atom. The first-order valence-corrected chi connectivity index (χ1v) is 7.54. The van der Waals surface area contributed by atoms with Gasteiger partial charge < -0.3 is 9.52 Å². The van der Waals surface area contributed by atoms with Gasteiger partial charge in [0, 0.05) is 5.56 Å². The molecular formula is C16H17BrO2. The smallest absolute Gasteiger partial charge is 0.174 e. The highest BCUT2D eigenvalue weighted by atomic mass is 79.9. The summed E-state index contributed by atoms with van der Waals surface area (Å²) in [4.78, 5) is 0. The average molecular weight is 321 g/mol. The minimum atomic E-state index is -0.468. The van der Waals surface area contributed by atoms with Crippen LogP contribution in [0.1, 0.15) is 48.0 Å². The zero-order chi connectivity index (χ0) is 13.2. The lowest BCUT2D eigenvalue weighted by Gasteiger charge is -2.27. The van der Waals surface area contributed by atoms with E-state index in [-0.39, 0.29) is 0 Å². The van der Waals surface area contributed by atoms with Gasteiger partial charge in [-0.25, -0.2) is 0 Å². The van der Waals surface area contributed by atoms with Crippen LogP contribution in [0.25, 0.3) is 0 Å². The van der Waals surface area contributed by atoms with E-state index in [1.165, 1.54) is 17.5 Å². The van der Waals surface area contributed by atoms with Gasteiger partial charge in [-0.3, -0.25) is 0 Å². The van der Waals surface area contributed by atoms with Crippen LogP contribution >= 0.6 is 15.9 Å². The summed E-state index contributed by atoms with van der Waals surface area (Å²) in [5.74, 6) is 0.446. The standard InChI is InChI=1S/C16H17BrO2/c17-16-14(8-9-19-16)15(18)10-12-6-3-5-11-4-1-2-7-13(11)12/h1-2,4,7-9,12,15,18H,3,5-6,10H2. The first-order valence-electron chi connectivity index (χ1n) is 6.74. The highest BCUT2D eigenvalue weighted by molar-refractivity contribution is 9.10. The molecule has 100 valence electrons.